The number of nitrogens with zero attached hydrogens (tertiary/aromatic N) is 1. The van der Waals surface area contributed by atoms with Crippen LogP contribution in [0.4, 0.5) is 11.4 Å². The molecule has 4 aromatic rings. The molecule has 50 heavy (non-hydrogen) atoms. The van der Waals surface area contributed by atoms with Crippen molar-refractivity contribution in [3.63, 3.8) is 0 Å². The fourth-order valence-corrected chi connectivity index (χ4v) is 5.48. The lowest BCUT2D eigenvalue weighted by atomic mass is 10.0. The Morgan fingerprint density at radius 1 is 0.560 bits per heavy atom. The number of para-hydroxylation sites is 1. The van der Waals surface area contributed by atoms with Crippen LogP contribution in [0.3, 0.4) is 0 Å². The van der Waals surface area contributed by atoms with Crippen LogP contribution >= 0.6 is 0 Å². The smallest absolute Gasteiger partial charge is 0.119 e. The lowest BCUT2D eigenvalue weighted by Gasteiger charge is -2.21. The zero-order valence-electron chi connectivity index (χ0n) is 31.2. The SMILES string of the molecule is CCCCOc1ccc(C(/C=C/c2ccc(N(C)c3ccccc3)cc2/C=C/C(OC(C)C)c2ccc(OCCCC)cc2)OC(C)C)cc1. The van der Waals surface area contributed by atoms with E-state index in [9.17, 15) is 0 Å². The van der Waals surface area contributed by atoms with Crippen molar-refractivity contribution >= 4 is 23.5 Å². The summed E-state index contributed by atoms with van der Waals surface area (Å²) in [5.41, 5.74) is 6.56. The number of rotatable bonds is 20. The van der Waals surface area contributed by atoms with Crippen molar-refractivity contribution in [1.82, 2.24) is 0 Å². The van der Waals surface area contributed by atoms with E-state index in [0.29, 0.717) is 0 Å². The van der Waals surface area contributed by atoms with E-state index in [0.717, 1.165) is 84.0 Å². The fraction of sp³-hybridized carbons (Fsp3) is 0.378. The van der Waals surface area contributed by atoms with Crippen LogP contribution in [0.15, 0.2) is 109 Å². The van der Waals surface area contributed by atoms with E-state index in [2.05, 4.69) is 145 Å². The van der Waals surface area contributed by atoms with Gasteiger partial charge in [0.25, 0.3) is 0 Å². The minimum absolute atomic E-state index is 0.0532. The molecule has 5 heteroatoms. The van der Waals surface area contributed by atoms with E-state index in [-0.39, 0.29) is 24.4 Å². The molecule has 0 radical (unpaired) electrons. The standard InChI is InChI=1S/C45H57NO4/c1-8-10-31-47-42-25-18-37(19-26-42)44(49-34(3)4)29-22-36-17-24-41(46(7)40-15-13-12-14-16-40)33-39(36)23-30-45(50-35(5)6)38-20-27-43(28-21-38)48-32-11-9-2/h12-30,33-35,44-45H,8-11,31-32H2,1-7H3/b29-22+,30-23+. The summed E-state index contributed by atoms with van der Waals surface area (Å²) in [7, 11) is 2.10. The molecule has 0 heterocycles. The van der Waals surface area contributed by atoms with Gasteiger partial charge in [-0.3, -0.25) is 0 Å². The van der Waals surface area contributed by atoms with Crippen LogP contribution < -0.4 is 14.4 Å². The van der Waals surface area contributed by atoms with Crippen molar-refractivity contribution in [3.8, 4) is 11.5 Å². The van der Waals surface area contributed by atoms with Crippen molar-refractivity contribution in [1.29, 1.82) is 0 Å². The molecule has 0 saturated carbocycles. The Balaban J connectivity index is 1.67. The van der Waals surface area contributed by atoms with Crippen molar-refractivity contribution in [2.45, 2.75) is 91.6 Å². The van der Waals surface area contributed by atoms with Crippen molar-refractivity contribution in [3.05, 3.63) is 131 Å². The molecule has 0 aromatic heterocycles. The Hall–Kier alpha value is -4.32. The van der Waals surface area contributed by atoms with Gasteiger partial charge < -0.3 is 23.8 Å². The van der Waals surface area contributed by atoms with Gasteiger partial charge in [-0.15, -0.1) is 0 Å². The number of hydrogen-bond donors (Lipinski definition) is 0. The molecule has 4 aromatic carbocycles. The van der Waals surface area contributed by atoms with Gasteiger partial charge in [-0.2, -0.15) is 0 Å². The molecule has 0 aliphatic carbocycles. The van der Waals surface area contributed by atoms with Crippen LogP contribution in [-0.2, 0) is 9.47 Å². The van der Waals surface area contributed by atoms with E-state index in [1.54, 1.807) is 0 Å². The summed E-state index contributed by atoms with van der Waals surface area (Å²) < 4.78 is 24.7. The summed E-state index contributed by atoms with van der Waals surface area (Å²) in [4.78, 5) is 2.21. The third-order valence-electron chi connectivity index (χ3n) is 8.29. The third kappa shape index (κ3) is 12.2. The van der Waals surface area contributed by atoms with Crippen LogP contribution in [0, 0.1) is 0 Å². The average Bonchev–Trinajstić information content (AvgIpc) is 3.12. The predicted molar refractivity (Wildman–Crippen MR) is 211 cm³/mol. The molecule has 0 aliphatic heterocycles. The lowest BCUT2D eigenvalue weighted by Crippen LogP contribution is -2.10. The summed E-state index contributed by atoms with van der Waals surface area (Å²) in [5.74, 6) is 1.77. The van der Waals surface area contributed by atoms with Gasteiger partial charge in [0, 0.05) is 18.4 Å². The summed E-state index contributed by atoms with van der Waals surface area (Å²) in [6, 6.07) is 33.6. The molecule has 4 rings (SSSR count). The summed E-state index contributed by atoms with van der Waals surface area (Å²) in [6.07, 6.45) is 12.7. The van der Waals surface area contributed by atoms with Gasteiger partial charge in [0.15, 0.2) is 0 Å². The van der Waals surface area contributed by atoms with Crippen LogP contribution in [0.5, 0.6) is 11.5 Å². The monoisotopic (exact) mass is 675 g/mol. The first-order valence-electron chi connectivity index (χ1n) is 18.3. The number of hydrogen-bond acceptors (Lipinski definition) is 5. The van der Waals surface area contributed by atoms with Gasteiger partial charge in [0.1, 0.15) is 23.7 Å². The number of unbranched alkanes of at least 4 members (excludes halogenated alkanes) is 2. The second-order valence-corrected chi connectivity index (χ2v) is 13.2. The molecule has 0 aliphatic rings. The second-order valence-electron chi connectivity index (χ2n) is 13.2. The maximum absolute atomic E-state index is 6.44. The number of benzene rings is 4. The summed E-state index contributed by atoms with van der Waals surface area (Å²) in [6.45, 7) is 14.1. The van der Waals surface area contributed by atoms with Gasteiger partial charge in [0.05, 0.1) is 25.4 Å². The second kappa shape index (κ2) is 20.4. The fourth-order valence-electron chi connectivity index (χ4n) is 5.48. The Bertz CT molecular complexity index is 1590. The molecule has 0 fully saturated rings. The van der Waals surface area contributed by atoms with Crippen LogP contribution in [0.2, 0.25) is 0 Å². The Morgan fingerprint density at radius 3 is 1.50 bits per heavy atom. The summed E-state index contributed by atoms with van der Waals surface area (Å²) in [5, 5.41) is 0. The van der Waals surface area contributed by atoms with E-state index in [1.807, 2.05) is 30.3 Å². The molecular formula is C45H57NO4. The zero-order valence-corrected chi connectivity index (χ0v) is 31.2. The van der Waals surface area contributed by atoms with Crippen molar-refractivity contribution in [2.24, 2.45) is 0 Å². The highest BCUT2D eigenvalue weighted by Crippen LogP contribution is 2.31. The number of anilines is 2. The Morgan fingerprint density at radius 2 is 1.04 bits per heavy atom. The Kier molecular flexibility index (Phi) is 15.7. The molecule has 5 nitrogen and oxygen atoms in total. The molecule has 266 valence electrons. The highest BCUT2D eigenvalue weighted by molar-refractivity contribution is 5.73. The number of ether oxygens (including phenoxy) is 4. The highest BCUT2D eigenvalue weighted by atomic mass is 16.5. The first kappa shape index (κ1) is 38.5. The predicted octanol–water partition coefficient (Wildman–Crippen LogP) is 12.2. The molecular weight excluding hydrogens is 618 g/mol. The molecule has 2 unspecified atom stereocenters. The van der Waals surface area contributed by atoms with Gasteiger partial charge in [-0.1, -0.05) is 99.5 Å². The van der Waals surface area contributed by atoms with Crippen molar-refractivity contribution in [2.75, 3.05) is 25.2 Å². The maximum Gasteiger partial charge on any atom is 0.119 e. The first-order valence-corrected chi connectivity index (χ1v) is 18.3. The largest absolute Gasteiger partial charge is 0.494 e. The molecule has 0 amide bonds. The van der Waals surface area contributed by atoms with E-state index < -0.39 is 0 Å². The zero-order chi connectivity index (χ0) is 35.7. The molecule has 2 atom stereocenters. The van der Waals surface area contributed by atoms with E-state index >= 15 is 0 Å². The van der Waals surface area contributed by atoms with Gasteiger partial charge in [-0.25, -0.2) is 0 Å². The van der Waals surface area contributed by atoms with Crippen LogP contribution in [0.1, 0.15) is 102 Å². The maximum atomic E-state index is 6.44. The molecule has 0 saturated heterocycles. The minimum atomic E-state index is -0.220. The lowest BCUT2D eigenvalue weighted by molar-refractivity contribution is 0.0350. The topological polar surface area (TPSA) is 40.2 Å². The Labute approximate surface area is 301 Å². The van der Waals surface area contributed by atoms with E-state index in [4.69, 9.17) is 18.9 Å². The highest BCUT2D eigenvalue weighted by Gasteiger charge is 2.14. The van der Waals surface area contributed by atoms with Crippen LogP contribution in [0.25, 0.3) is 12.2 Å². The minimum Gasteiger partial charge on any atom is -0.494 e. The normalized spacial score (nSPS) is 13.0. The molecule has 0 N–H and O–H groups in total. The van der Waals surface area contributed by atoms with E-state index in [1.165, 1.54) is 0 Å². The third-order valence-corrected chi connectivity index (χ3v) is 8.29. The van der Waals surface area contributed by atoms with Gasteiger partial charge in [0.2, 0.25) is 0 Å². The first-order chi connectivity index (χ1) is 24.3. The van der Waals surface area contributed by atoms with Gasteiger partial charge >= 0.3 is 0 Å². The average molecular weight is 676 g/mol. The van der Waals surface area contributed by atoms with Crippen LogP contribution in [-0.4, -0.2) is 32.5 Å². The quantitative estimate of drug-likeness (QED) is 0.0872. The summed E-state index contributed by atoms with van der Waals surface area (Å²) >= 11 is 0. The van der Waals surface area contributed by atoms with Crippen molar-refractivity contribution < 1.29 is 18.9 Å². The molecule has 0 bridgehead atoms. The molecule has 0 spiro atoms. The van der Waals surface area contributed by atoms with Gasteiger partial charge in [-0.05, 0) is 111 Å².